The number of amides is 1. The largest absolute Gasteiger partial charge is 0.398 e. The normalized spacial score (nSPS) is 17.3. The number of carbonyl (C=O) groups is 2. The Bertz CT molecular complexity index is 1810. The molecule has 2 aliphatic rings. The lowest BCUT2D eigenvalue weighted by molar-refractivity contribution is -0.160. The molecule has 4 aromatic rings. The fourth-order valence-electron chi connectivity index (χ4n) is 5.84. The van der Waals surface area contributed by atoms with Crippen molar-refractivity contribution in [2.45, 2.75) is 56.4 Å². The van der Waals surface area contributed by atoms with Gasteiger partial charge in [0.05, 0.1) is 46.3 Å². The quantitative estimate of drug-likeness (QED) is 0.174. The first-order chi connectivity index (χ1) is 20.9. The number of rotatable bonds is 7. The average molecular weight is 630 g/mol. The molecule has 0 radical (unpaired) electrons. The van der Waals surface area contributed by atoms with Gasteiger partial charge in [0.2, 0.25) is 0 Å². The van der Waals surface area contributed by atoms with Crippen LogP contribution in [0.1, 0.15) is 62.4 Å². The van der Waals surface area contributed by atoms with Crippen molar-refractivity contribution in [2.24, 2.45) is 12.2 Å². The van der Waals surface area contributed by atoms with Gasteiger partial charge in [-0.3, -0.25) is 14.3 Å². The molecule has 14 heteroatoms. The number of fused-ring (bicyclic) bond motifs is 1. The third kappa shape index (κ3) is 5.13. The fraction of sp³-hybridized carbons (Fsp3) is 0.333. The zero-order valence-electron chi connectivity index (χ0n) is 23.2. The van der Waals surface area contributed by atoms with Crippen LogP contribution >= 0.6 is 11.6 Å². The van der Waals surface area contributed by atoms with Crippen LogP contribution in [0.25, 0.3) is 11.3 Å². The van der Waals surface area contributed by atoms with Crippen LogP contribution in [0.4, 0.5) is 17.6 Å². The smallest absolute Gasteiger partial charge is 0.373 e. The molecule has 1 amide bonds. The van der Waals surface area contributed by atoms with E-state index in [2.05, 4.69) is 15.4 Å². The minimum Gasteiger partial charge on any atom is -0.373 e. The molecule has 44 heavy (non-hydrogen) atoms. The molecule has 0 unspecified atom stereocenters. The zero-order valence-corrected chi connectivity index (χ0v) is 24.0. The van der Waals surface area contributed by atoms with Gasteiger partial charge < -0.3 is 4.74 Å². The van der Waals surface area contributed by atoms with Crippen molar-refractivity contribution >= 4 is 23.4 Å². The lowest BCUT2D eigenvalue weighted by atomic mass is 9.89. The summed E-state index contributed by atoms with van der Waals surface area (Å²) in [6.45, 7) is 0.237. The Balaban J connectivity index is 1.44. The number of ether oxygens (including phenoxy) is 1. The van der Waals surface area contributed by atoms with Crippen LogP contribution in [0.3, 0.4) is 0 Å². The molecule has 9 nitrogen and oxygen atoms in total. The second-order valence-electron chi connectivity index (χ2n) is 11.0. The molecule has 1 atom stereocenters. The molecule has 2 aromatic carbocycles. The van der Waals surface area contributed by atoms with Gasteiger partial charge in [-0.1, -0.05) is 23.7 Å². The van der Waals surface area contributed by atoms with Crippen molar-refractivity contribution < 1.29 is 31.9 Å². The number of aryl methyl sites for hydroxylation is 1. The highest BCUT2D eigenvalue weighted by molar-refractivity contribution is 6.34. The van der Waals surface area contributed by atoms with Crippen LogP contribution in [-0.2, 0) is 36.6 Å². The van der Waals surface area contributed by atoms with Crippen molar-refractivity contribution in [2.75, 3.05) is 0 Å². The molecule has 0 spiro atoms. The van der Waals surface area contributed by atoms with Crippen LogP contribution in [0.2, 0.25) is 5.02 Å². The fourth-order valence-corrected chi connectivity index (χ4v) is 6.09. The summed E-state index contributed by atoms with van der Waals surface area (Å²) in [6.07, 6.45) is -0.953. The van der Waals surface area contributed by atoms with Crippen LogP contribution in [-0.4, -0.2) is 43.7 Å². The van der Waals surface area contributed by atoms with E-state index in [1.807, 2.05) is 0 Å². The van der Waals surface area contributed by atoms with E-state index < -0.39 is 35.3 Å². The topological polar surface area (TPSA) is 108 Å². The first kappa shape index (κ1) is 29.8. The van der Waals surface area contributed by atoms with Crippen molar-refractivity contribution in [1.29, 1.82) is 0 Å². The molecule has 0 saturated heterocycles. The molecule has 6 rings (SSSR count). The Kier molecular flexibility index (Phi) is 7.49. The summed E-state index contributed by atoms with van der Waals surface area (Å²) >= 11 is 6.41. The Hall–Kier alpha value is -4.23. The molecule has 1 saturated carbocycles. The van der Waals surface area contributed by atoms with Gasteiger partial charge in [-0.15, -0.1) is 4.91 Å². The third-order valence-corrected chi connectivity index (χ3v) is 8.57. The summed E-state index contributed by atoms with van der Waals surface area (Å²) in [4.78, 5) is 36.5. The first-order valence-electron chi connectivity index (χ1n) is 13.7. The minimum atomic E-state index is -4.61. The number of hydrogen-bond acceptors (Lipinski definition) is 6. The Morgan fingerprint density at radius 3 is 2.61 bits per heavy atom. The zero-order chi connectivity index (χ0) is 31.4. The highest BCUT2D eigenvalue weighted by atomic mass is 35.5. The predicted octanol–water partition coefficient (Wildman–Crippen LogP) is 6.34. The number of carbonyl (C=O) groups excluding carboxylic acids is 2. The van der Waals surface area contributed by atoms with Crippen LogP contribution in [0, 0.1) is 10.7 Å². The number of aromatic nitrogens is 4. The van der Waals surface area contributed by atoms with Gasteiger partial charge in [-0.05, 0) is 55.5 Å². The maximum atomic E-state index is 15.3. The second-order valence-corrected chi connectivity index (χ2v) is 11.4. The SMILES string of the molecule is Cn1cc(CO[C@H]2CCc3c(-c4ccc(C(=O)N=O)cc4F)nn(C(=O)c4c(Cl)cccc4C4(C(F)(F)F)CC4)c3C2)cn1. The molecule has 2 aliphatic carbocycles. The molecule has 228 valence electrons. The number of hydrogen-bond donors (Lipinski definition) is 0. The summed E-state index contributed by atoms with van der Waals surface area (Å²) < 4.78 is 66.7. The van der Waals surface area contributed by atoms with Gasteiger partial charge in [0.25, 0.3) is 5.91 Å². The number of benzene rings is 2. The van der Waals surface area contributed by atoms with Crippen LogP contribution in [0.15, 0.2) is 54.0 Å². The van der Waals surface area contributed by atoms with E-state index in [4.69, 9.17) is 16.3 Å². The van der Waals surface area contributed by atoms with Gasteiger partial charge in [0.1, 0.15) is 5.82 Å². The molecule has 0 N–H and O–H groups in total. The Labute approximate surface area is 252 Å². The lowest BCUT2D eigenvalue weighted by Gasteiger charge is -2.25. The van der Waals surface area contributed by atoms with Crippen molar-refractivity contribution in [3.8, 4) is 11.3 Å². The van der Waals surface area contributed by atoms with Crippen LogP contribution in [0.5, 0.6) is 0 Å². The molecular weight excluding hydrogens is 606 g/mol. The van der Waals surface area contributed by atoms with Gasteiger partial charge in [0, 0.05) is 47.1 Å². The molecule has 2 aromatic heterocycles. The Morgan fingerprint density at radius 2 is 1.98 bits per heavy atom. The highest BCUT2D eigenvalue weighted by Crippen LogP contribution is 2.60. The Morgan fingerprint density at radius 1 is 1.20 bits per heavy atom. The van der Waals surface area contributed by atoms with Crippen molar-refractivity contribution in [3.63, 3.8) is 0 Å². The van der Waals surface area contributed by atoms with E-state index in [-0.39, 0.29) is 58.8 Å². The molecule has 2 heterocycles. The second kappa shape index (κ2) is 11.0. The van der Waals surface area contributed by atoms with E-state index in [9.17, 15) is 27.7 Å². The first-order valence-corrected chi connectivity index (χ1v) is 14.1. The van der Waals surface area contributed by atoms with Crippen LogP contribution < -0.4 is 0 Å². The number of halogens is 5. The molecular formula is C30H24ClF4N5O4. The van der Waals surface area contributed by atoms with E-state index >= 15 is 4.39 Å². The van der Waals surface area contributed by atoms with E-state index in [0.717, 1.165) is 16.3 Å². The standard InChI is InChI=1S/C30H24ClF4N5O4/c1-39-14-16(13-36-39)15-44-18-6-8-20-24(12-18)40(37-26(20)19-7-5-17(11-23(19)32)27(41)38-43)28(42)25-21(3-2-4-22(25)31)29(9-10-29)30(33,34)35/h2-5,7,11,13-14,18H,6,8-10,12,15H2,1H3/t18-/m0/s1. The molecule has 1 fully saturated rings. The van der Waals surface area contributed by atoms with Gasteiger partial charge in [-0.25, -0.2) is 4.39 Å². The third-order valence-electron chi connectivity index (χ3n) is 8.25. The van der Waals surface area contributed by atoms with Gasteiger partial charge in [-0.2, -0.15) is 28.1 Å². The van der Waals surface area contributed by atoms with Crippen molar-refractivity contribution in [1.82, 2.24) is 19.6 Å². The van der Waals surface area contributed by atoms with Gasteiger partial charge >= 0.3 is 12.1 Å². The average Bonchev–Trinajstić information content (AvgIpc) is 3.60. The summed E-state index contributed by atoms with van der Waals surface area (Å²) in [6, 6.07) is 7.29. The molecule has 0 aliphatic heterocycles. The lowest BCUT2D eigenvalue weighted by Crippen LogP contribution is -2.32. The van der Waals surface area contributed by atoms with Gasteiger partial charge in [0.15, 0.2) is 0 Å². The van der Waals surface area contributed by atoms with E-state index in [0.29, 0.717) is 24.1 Å². The predicted molar refractivity (Wildman–Crippen MR) is 150 cm³/mol. The number of nitroso groups, excluding NO2 is 1. The number of alkyl halides is 3. The van der Waals surface area contributed by atoms with E-state index in [1.165, 1.54) is 30.3 Å². The highest BCUT2D eigenvalue weighted by Gasteiger charge is 2.65. The maximum absolute atomic E-state index is 15.3. The maximum Gasteiger partial charge on any atom is 0.398 e. The monoisotopic (exact) mass is 629 g/mol. The summed E-state index contributed by atoms with van der Waals surface area (Å²) in [7, 11) is 1.77. The summed E-state index contributed by atoms with van der Waals surface area (Å²) in [5.74, 6) is -2.92. The summed E-state index contributed by atoms with van der Waals surface area (Å²) in [5.41, 5.74) is -1.30. The van der Waals surface area contributed by atoms with Crippen molar-refractivity contribution in [3.05, 3.63) is 98.0 Å². The van der Waals surface area contributed by atoms with E-state index in [1.54, 1.807) is 24.1 Å². The summed E-state index contributed by atoms with van der Waals surface area (Å²) in [5, 5.41) is 10.7. The molecule has 0 bridgehead atoms. The number of nitrogens with zero attached hydrogens (tertiary/aromatic N) is 5. The minimum absolute atomic E-state index is 0.0571.